The zero-order chi connectivity index (χ0) is 17.3. The lowest BCUT2D eigenvalue weighted by Gasteiger charge is -2.19. The zero-order valence-electron chi connectivity index (χ0n) is 12.1. The third-order valence-corrected chi connectivity index (χ3v) is 4.61. The molecule has 0 saturated heterocycles. The van der Waals surface area contributed by atoms with Crippen LogP contribution in [0.1, 0.15) is 25.0 Å². The molecule has 1 atom stereocenters. The number of hydrogen-bond acceptors (Lipinski definition) is 3. The number of benzene rings is 1. The summed E-state index contributed by atoms with van der Waals surface area (Å²) in [6, 6.07) is 0.804. The summed E-state index contributed by atoms with van der Waals surface area (Å²) in [6.07, 6.45) is -4.58. The Morgan fingerprint density at radius 2 is 1.82 bits per heavy atom. The van der Waals surface area contributed by atoms with Crippen LogP contribution in [0.15, 0.2) is 23.1 Å². The molecule has 0 radical (unpaired) electrons. The number of sulfonamides is 1. The van der Waals surface area contributed by atoms with Crippen LogP contribution >= 0.6 is 0 Å². The average molecular weight is 339 g/mol. The smallest absolute Gasteiger partial charge is 0.416 e. The second-order valence-electron chi connectivity index (χ2n) is 5.16. The Morgan fingerprint density at radius 1 is 1.27 bits per heavy atom. The number of alkyl halides is 3. The van der Waals surface area contributed by atoms with Gasteiger partial charge in [0.2, 0.25) is 10.0 Å². The third-order valence-electron chi connectivity index (χ3n) is 3.01. The van der Waals surface area contributed by atoms with Crippen LogP contribution < -0.4 is 4.72 Å². The van der Waals surface area contributed by atoms with Crippen LogP contribution in [0.25, 0.3) is 0 Å². The molecule has 0 saturated carbocycles. The van der Waals surface area contributed by atoms with Crippen molar-refractivity contribution in [3.8, 4) is 0 Å². The first-order valence-corrected chi connectivity index (χ1v) is 7.77. The van der Waals surface area contributed by atoms with E-state index in [0.29, 0.717) is 12.1 Å². The Kier molecular flexibility index (Phi) is 5.24. The molecule has 2 N–H and O–H groups in total. The van der Waals surface area contributed by atoms with Gasteiger partial charge in [-0.1, -0.05) is 13.8 Å². The maximum absolute atomic E-state index is 12.6. The Morgan fingerprint density at radius 3 is 2.18 bits per heavy atom. The van der Waals surface area contributed by atoms with Gasteiger partial charge in [0.1, 0.15) is 6.04 Å². The molecule has 0 aromatic heterocycles. The molecule has 5 nitrogen and oxygen atoms in total. The van der Waals surface area contributed by atoms with Gasteiger partial charge in [-0.25, -0.2) is 8.42 Å². The van der Waals surface area contributed by atoms with Crippen LogP contribution in [0.5, 0.6) is 0 Å². The van der Waals surface area contributed by atoms with Crippen molar-refractivity contribution < 1.29 is 31.5 Å². The van der Waals surface area contributed by atoms with Crippen molar-refractivity contribution in [3.05, 3.63) is 29.3 Å². The zero-order valence-corrected chi connectivity index (χ0v) is 12.9. The SMILES string of the molecule is Cc1cc(C(F)(F)F)ccc1S(=O)(=O)N[C@@H](C(=O)O)C(C)C. The molecule has 0 aliphatic carbocycles. The molecule has 0 bridgehead atoms. The summed E-state index contributed by atoms with van der Waals surface area (Å²) in [4.78, 5) is 10.7. The van der Waals surface area contributed by atoms with Crippen molar-refractivity contribution in [3.63, 3.8) is 0 Å². The van der Waals surface area contributed by atoms with E-state index in [4.69, 9.17) is 5.11 Å². The molecule has 0 unspecified atom stereocenters. The molecule has 1 rings (SSSR count). The minimum Gasteiger partial charge on any atom is -0.480 e. The molecule has 1 aromatic carbocycles. The Hall–Kier alpha value is -1.61. The fourth-order valence-electron chi connectivity index (χ4n) is 1.83. The highest BCUT2D eigenvalue weighted by Crippen LogP contribution is 2.31. The molecule has 9 heteroatoms. The maximum Gasteiger partial charge on any atom is 0.416 e. The maximum atomic E-state index is 12.6. The van der Waals surface area contributed by atoms with Crippen LogP contribution in [-0.4, -0.2) is 25.5 Å². The van der Waals surface area contributed by atoms with Gasteiger partial charge < -0.3 is 5.11 Å². The van der Waals surface area contributed by atoms with Crippen LogP contribution in [0.3, 0.4) is 0 Å². The van der Waals surface area contributed by atoms with E-state index in [0.717, 1.165) is 6.07 Å². The van der Waals surface area contributed by atoms with Crippen LogP contribution in [0, 0.1) is 12.8 Å². The summed E-state index contributed by atoms with van der Waals surface area (Å²) in [5, 5.41) is 9.00. The van der Waals surface area contributed by atoms with E-state index in [1.54, 1.807) is 0 Å². The summed E-state index contributed by atoms with van der Waals surface area (Å²) >= 11 is 0. The van der Waals surface area contributed by atoms with Gasteiger partial charge in [0.05, 0.1) is 10.5 Å². The van der Waals surface area contributed by atoms with Crippen molar-refractivity contribution in [2.45, 2.75) is 37.9 Å². The molecule has 0 aliphatic rings. The molecule has 0 fully saturated rings. The Labute approximate surface area is 126 Å². The van der Waals surface area contributed by atoms with Gasteiger partial charge in [-0.3, -0.25) is 4.79 Å². The van der Waals surface area contributed by atoms with Gasteiger partial charge in [-0.2, -0.15) is 17.9 Å². The van der Waals surface area contributed by atoms with Crippen LogP contribution in [0.2, 0.25) is 0 Å². The Bertz CT molecular complexity index is 668. The summed E-state index contributed by atoms with van der Waals surface area (Å²) in [5.74, 6) is -1.88. The lowest BCUT2D eigenvalue weighted by molar-refractivity contribution is -0.140. The fraction of sp³-hybridized carbons (Fsp3) is 0.462. The monoisotopic (exact) mass is 339 g/mol. The highest BCUT2D eigenvalue weighted by molar-refractivity contribution is 7.89. The lowest BCUT2D eigenvalue weighted by atomic mass is 10.1. The van der Waals surface area contributed by atoms with E-state index in [1.807, 2.05) is 4.72 Å². The first-order chi connectivity index (χ1) is 9.86. The number of carboxylic acids is 1. The van der Waals surface area contributed by atoms with E-state index >= 15 is 0 Å². The molecule has 0 amide bonds. The van der Waals surface area contributed by atoms with Gasteiger partial charge in [-0.15, -0.1) is 0 Å². The number of aliphatic carboxylic acids is 1. The summed E-state index contributed by atoms with van der Waals surface area (Å²) in [6.45, 7) is 4.25. The molecule has 0 spiro atoms. The van der Waals surface area contributed by atoms with E-state index < -0.39 is 39.7 Å². The number of carboxylic acid groups (broad SMARTS) is 1. The van der Waals surface area contributed by atoms with Gasteiger partial charge >= 0.3 is 12.1 Å². The number of nitrogens with one attached hydrogen (secondary N) is 1. The molecule has 0 aliphatic heterocycles. The van der Waals surface area contributed by atoms with Crippen molar-refractivity contribution >= 4 is 16.0 Å². The van der Waals surface area contributed by atoms with Gasteiger partial charge in [-0.05, 0) is 36.6 Å². The topological polar surface area (TPSA) is 83.5 Å². The van der Waals surface area contributed by atoms with Crippen molar-refractivity contribution in [1.29, 1.82) is 0 Å². The van der Waals surface area contributed by atoms with Crippen molar-refractivity contribution in [1.82, 2.24) is 4.72 Å². The first kappa shape index (κ1) is 18.4. The standard InChI is InChI=1S/C13H16F3NO4S/c1-7(2)11(12(18)19)17-22(20,21)10-5-4-9(6-8(10)3)13(14,15)16/h4-7,11,17H,1-3H3,(H,18,19)/t11-/m1/s1. The molecule has 22 heavy (non-hydrogen) atoms. The van der Waals surface area contributed by atoms with Crippen molar-refractivity contribution in [2.75, 3.05) is 0 Å². The molecular weight excluding hydrogens is 323 g/mol. The second-order valence-corrected chi connectivity index (χ2v) is 6.84. The first-order valence-electron chi connectivity index (χ1n) is 6.29. The molecule has 1 aromatic rings. The number of hydrogen-bond donors (Lipinski definition) is 2. The summed E-state index contributed by atoms with van der Waals surface area (Å²) in [5.41, 5.74) is -1.09. The molecule has 124 valence electrons. The predicted octanol–water partition coefficient (Wildman–Crippen LogP) is 2.40. The number of carbonyl (C=O) groups is 1. The third kappa shape index (κ3) is 4.20. The highest BCUT2D eigenvalue weighted by Gasteiger charge is 2.33. The number of halogens is 3. The summed E-state index contributed by atoms with van der Waals surface area (Å²) < 4.78 is 64.1. The van der Waals surface area contributed by atoms with Gasteiger partial charge in [0, 0.05) is 0 Å². The van der Waals surface area contributed by atoms with Gasteiger partial charge in [0.15, 0.2) is 0 Å². The van der Waals surface area contributed by atoms with E-state index in [2.05, 4.69) is 0 Å². The number of rotatable bonds is 5. The fourth-order valence-corrected chi connectivity index (χ4v) is 3.39. The molecular formula is C13H16F3NO4S. The minimum absolute atomic E-state index is 0.116. The van der Waals surface area contributed by atoms with Gasteiger partial charge in [0.25, 0.3) is 0 Å². The van der Waals surface area contributed by atoms with E-state index in [1.165, 1.54) is 20.8 Å². The number of aryl methyl sites for hydroxylation is 1. The molecule has 0 heterocycles. The average Bonchev–Trinajstić information content (AvgIpc) is 2.33. The lowest BCUT2D eigenvalue weighted by Crippen LogP contribution is -2.44. The normalized spacial score (nSPS) is 14.1. The Balaban J connectivity index is 3.21. The van der Waals surface area contributed by atoms with E-state index in [-0.39, 0.29) is 10.5 Å². The largest absolute Gasteiger partial charge is 0.480 e. The minimum atomic E-state index is -4.58. The summed E-state index contributed by atoms with van der Waals surface area (Å²) in [7, 11) is -4.24. The van der Waals surface area contributed by atoms with Crippen molar-refractivity contribution in [2.24, 2.45) is 5.92 Å². The van der Waals surface area contributed by atoms with E-state index in [9.17, 15) is 26.4 Å². The highest BCUT2D eigenvalue weighted by atomic mass is 32.2. The second kappa shape index (κ2) is 6.25. The van der Waals surface area contributed by atoms with Crippen LogP contribution in [0.4, 0.5) is 13.2 Å². The quantitative estimate of drug-likeness (QED) is 0.863. The van der Waals surface area contributed by atoms with Crippen LogP contribution in [-0.2, 0) is 21.0 Å². The predicted molar refractivity (Wildman–Crippen MR) is 72.8 cm³/mol.